The fourth-order valence-electron chi connectivity index (χ4n) is 4.25. The van der Waals surface area contributed by atoms with E-state index in [0.717, 1.165) is 43.5 Å². The van der Waals surface area contributed by atoms with Gasteiger partial charge in [0.15, 0.2) is 4.83 Å². The molecule has 2 aliphatic rings. The van der Waals surface area contributed by atoms with E-state index in [1.54, 1.807) is 0 Å². The summed E-state index contributed by atoms with van der Waals surface area (Å²) in [4.78, 5) is 15.6. The van der Waals surface area contributed by atoms with Crippen LogP contribution in [-0.2, 0) is 32.9 Å². The molecule has 0 unspecified atom stereocenters. The summed E-state index contributed by atoms with van der Waals surface area (Å²) in [5, 5.41) is 1.03. The molecule has 22 heavy (non-hydrogen) atoms. The number of nitrogens with zero attached hydrogens (tertiary/aromatic N) is 2. The molecule has 1 aliphatic heterocycles. The molecule has 4 rings (SSSR count). The molecule has 0 aromatic carbocycles. The molecular formula is C18H25N2OS+. The summed E-state index contributed by atoms with van der Waals surface area (Å²) in [6.07, 6.45) is 5.58. The Balaban J connectivity index is 1.93. The highest BCUT2D eigenvalue weighted by molar-refractivity contribution is 7.18. The van der Waals surface area contributed by atoms with Crippen LogP contribution in [0.15, 0.2) is 4.79 Å². The largest absolute Gasteiger partial charge is 0.346 e. The van der Waals surface area contributed by atoms with Crippen molar-refractivity contribution in [1.82, 2.24) is 4.57 Å². The van der Waals surface area contributed by atoms with Gasteiger partial charge in [-0.25, -0.2) is 9.36 Å². The van der Waals surface area contributed by atoms with E-state index in [9.17, 15) is 4.79 Å². The van der Waals surface area contributed by atoms with Gasteiger partial charge in [-0.05, 0) is 42.6 Å². The highest BCUT2D eigenvalue weighted by atomic mass is 32.1. The van der Waals surface area contributed by atoms with Gasteiger partial charge in [0.25, 0.3) is 5.82 Å². The number of aryl methyl sites for hydroxylation is 2. The summed E-state index contributed by atoms with van der Waals surface area (Å²) in [7, 11) is 2.14. The van der Waals surface area contributed by atoms with Crippen LogP contribution in [0.2, 0.25) is 0 Å². The zero-order valence-electron chi connectivity index (χ0n) is 14.0. The fraction of sp³-hybridized carbons (Fsp3) is 0.667. The van der Waals surface area contributed by atoms with Crippen LogP contribution in [0.4, 0.5) is 0 Å². The number of aromatic nitrogens is 2. The Kier molecular flexibility index (Phi) is 3.06. The molecule has 0 bridgehead atoms. The van der Waals surface area contributed by atoms with E-state index in [2.05, 4.69) is 32.4 Å². The fourth-order valence-corrected chi connectivity index (χ4v) is 5.65. The van der Waals surface area contributed by atoms with E-state index < -0.39 is 0 Å². The van der Waals surface area contributed by atoms with Crippen molar-refractivity contribution in [2.24, 2.45) is 18.4 Å². The summed E-state index contributed by atoms with van der Waals surface area (Å²) in [6, 6.07) is 0. The molecule has 3 nitrogen and oxygen atoms in total. The second kappa shape index (κ2) is 4.67. The van der Waals surface area contributed by atoms with E-state index in [1.807, 2.05) is 15.9 Å². The maximum Gasteiger partial charge on any atom is 0.346 e. The summed E-state index contributed by atoms with van der Waals surface area (Å²) < 4.78 is 4.31. The Morgan fingerprint density at radius 2 is 2.05 bits per heavy atom. The van der Waals surface area contributed by atoms with Crippen molar-refractivity contribution in [2.45, 2.75) is 59.4 Å². The van der Waals surface area contributed by atoms with Crippen LogP contribution in [0.5, 0.6) is 0 Å². The third kappa shape index (κ3) is 1.92. The molecule has 3 heterocycles. The van der Waals surface area contributed by atoms with Gasteiger partial charge in [0.1, 0.15) is 5.39 Å². The van der Waals surface area contributed by atoms with Gasteiger partial charge in [0.05, 0.1) is 20.0 Å². The summed E-state index contributed by atoms with van der Waals surface area (Å²) >= 11 is 1.88. The Hall–Kier alpha value is -1.16. The Bertz CT molecular complexity index is 822. The average molecular weight is 317 g/mol. The molecule has 0 radical (unpaired) electrons. The quantitative estimate of drug-likeness (QED) is 0.686. The van der Waals surface area contributed by atoms with Crippen molar-refractivity contribution in [3.05, 3.63) is 26.6 Å². The lowest BCUT2D eigenvalue weighted by molar-refractivity contribution is -0.654. The Morgan fingerprint density at radius 3 is 2.77 bits per heavy atom. The third-order valence-electron chi connectivity index (χ3n) is 5.72. The number of hydrogen-bond donors (Lipinski definition) is 0. The number of rotatable bonds is 0. The minimum absolute atomic E-state index is 0.271. The van der Waals surface area contributed by atoms with Crippen molar-refractivity contribution in [3.8, 4) is 0 Å². The van der Waals surface area contributed by atoms with Crippen LogP contribution in [0, 0.1) is 11.3 Å². The van der Waals surface area contributed by atoms with Gasteiger partial charge in [-0.2, -0.15) is 4.57 Å². The van der Waals surface area contributed by atoms with Crippen molar-refractivity contribution in [3.63, 3.8) is 0 Å². The van der Waals surface area contributed by atoms with Crippen molar-refractivity contribution in [2.75, 3.05) is 0 Å². The lowest BCUT2D eigenvalue weighted by Crippen LogP contribution is -2.40. The Morgan fingerprint density at radius 1 is 1.27 bits per heavy atom. The van der Waals surface area contributed by atoms with E-state index >= 15 is 0 Å². The predicted octanol–water partition coefficient (Wildman–Crippen LogP) is 2.98. The molecule has 2 aromatic heterocycles. The first-order valence-electron chi connectivity index (χ1n) is 8.44. The first-order chi connectivity index (χ1) is 10.4. The van der Waals surface area contributed by atoms with Gasteiger partial charge in [0, 0.05) is 4.88 Å². The van der Waals surface area contributed by atoms with E-state index in [0.29, 0.717) is 5.41 Å². The molecule has 0 fully saturated rings. The van der Waals surface area contributed by atoms with E-state index in [1.165, 1.54) is 27.5 Å². The van der Waals surface area contributed by atoms with E-state index in [4.69, 9.17) is 0 Å². The van der Waals surface area contributed by atoms with Gasteiger partial charge >= 0.3 is 5.56 Å². The molecule has 118 valence electrons. The molecule has 0 saturated heterocycles. The highest BCUT2D eigenvalue weighted by Crippen LogP contribution is 2.41. The molecule has 0 amide bonds. The summed E-state index contributed by atoms with van der Waals surface area (Å²) in [5.74, 6) is 1.94. The maximum atomic E-state index is 12.9. The molecule has 0 spiro atoms. The van der Waals surface area contributed by atoms with Crippen molar-refractivity contribution < 1.29 is 4.57 Å². The van der Waals surface area contributed by atoms with Gasteiger partial charge < -0.3 is 0 Å². The van der Waals surface area contributed by atoms with Crippen LogP contribution < -0.4 is 10.1 Å². The highest BCUT2D eigenvalue weighted by Gasteiger charge is 2.35. The van der Waals surface area contributed by atoms with Gasteiger partial charge in [-0.1, -0.05) is 32.1 Å². The average Bonchev–Trinajstić information content (AvgIpc) is 3.08. The smallest absolute Gasteiger partial charge is 0.241 e. The second-order valence-electron chi connectivity index (χ2n) is 8.03. The minimum Gasteiger partial charge on any atom is -0.241 e. The lowest BCUT2D eigenvalue weighted by Gasteiger charge is -2.33. The van der Waals surface area contributed by atoms with Crippen LogP contribution >= 0.6 is 11.3 Å². The predicted molar refractivity (Wildman–Crippen MR) is 90.6 cm³/mol. The molecule has 1 aliphatic carbocycles. The monoisotopic (exact) mass is 317 g/mol. The molecule has 1 atom stereocenters. The second-order valence-corrected chi connectivity index (χ2v) is 9.11. The standard InChI is InChI=1S/C18H25N2OS/c1-18(2,3)11-7-8-12-13(10-11)22-17-15(12)16(21)20-9-5-6-14(20)19(17)4/h11H,5-10H2,1-4H3/q+1/t11-/m1/s1. The zero-order chi connectivity index (χ0) is 15.6. The van der Waals surface area contributed by atoms with Crippen molar-refractivity contribution in [1.29, 1.82) is 0 Å². The third-order valence-corrected chi connectivity index (χ3v) is 7.05. The van der Waals surface area contributed by atoms with Gasteiger partial charge in [-0.3, -0.25) is 0 Å². The normalized spacial score (nSPS) is 21.2. The molecular weight excluding hydrogens is 292 g/mol. The summed E-state index contributed by atoms with van der Waals surface area (Å²) in [5.41, 5.74) is 1.99. The summed E-state index contributed by atoms with van der Waals surface area (Å²) in [6.45, 7) is 7.94. The van der Waals surface area contributed by atoms with Gasteiger partial charge in [-0.15, -0.1) is 0 Å². The maximum absolute atomic E-state index is 12.9. The van der Waals surface area contributed by atoms with Crippen molar-refractivity contribution >= 4 is 21.6 Å². The molecule has 0 N–H and O–H groups in total. The van der Waals surface area contributed by atoms with Gasteiger partial charge in [0.2, 0.25) is 0 Å². The van der Waals surface area contributed by atoms with Crippen LogP contribution in [0.1, 0.15) is 49.9 Å². The molecule has 0 saturated carbocycles. The first-order valence-corrected chi connectivity index (χ1v) is 9.25. The van der Waals surface area contributed by atoms with Crippen LogP contribution in [0.25, 0.3) is 10.2 Å². The minimum atomic E-state index is 0.271. The van der Waals surface area contributed by atoms with Crippen LogP contribution in [-0.4, -0.2) is 4.57 Å². The number of fused-ring (bicyclic) bond motifs is 4. The number of hydrogen-bond acceptors (Lipinski definition) is 2. The topological polar surface area (TPSA) is 25.9 Å². The first kappa shape index (κ1) is 14.4. The SMILES string of the molecule is C[n+]1c2n(c(=O)c3c4c(sc31)C[C@H](C(C)(C)C)CC4)CCC2. The molecule has 2 aromatic rings. The number of thiophene rings is 1. The Labute approximate surface area is 135 Å². The molecule has 4 heteroatoms. The zero-order valence-corrected chi connectivity index (χ0v) is 14.8. The van der Waals surface area contributed by atoms with Crippen LogP contribution in [0.3, 0.4) is 0 Å². The lowest BCUT2D eigenvalue weighted by atomic mass is 9.72. The van der Waals surface area contributed by atoms with E-state index in [-0.39, 0.29) is 5.56 Å².